The fraction of sp³-hybridized carbons (Fsp3) is 0.429. The number of aromatic nitrogens is 2. The van der Waals surface area contributed by atoms with Crippen molar-refractivity contribution in [2.24, 2.45) is 0 Å². The Balaban J connectivity index is 2.11. The summed E-state index contributed by atoms with van der Waals surface area (Å²) in [5, 5.41) is 0. The van der Waals surface area contributed by atoms with Gasteiger partial charge in [-0.3, -0.25) is 4.57 Å². The first-order chi connectivity index (χ1) is 10.2. The standard InChI is InChI=1S/C14H19N3O3S2/c1-9-7-10(2)17(14(18)16-9)6-5-15-22(19,20)13-8-11(3)21-12(13)4/h7-8,15H,5-6H2,1-4H3. The molecule has 0 aromatic carbocycles. The van der Waals surface area contributed by atoms with Gasteiger partial charge in [-0.05, 0) is 39.8 Å². The van der Waals surface area contributed by atoms with Gasteiger partial charge in [-0.2, -0.15) is 4.98 Å². The highest BCUT2D eigenvalue weighted by molar-refractivity contribution is 7.89. The Kier molecular flexibility index (Phi) is 4.84. The normalized spacial score (nSPS) is 11.8. The van der Waals surface area contributed by atoms with Crippen LogP contribution in [-0.2, 0) is 16.6 Å². The van der Waals surface area contributed by atoms with Crippen molar-refractivity contribution in [3.05, 3.63) is 43.8 Å². The molecule has 0 unspecified atom stereocenters. The second-order valence-electron chi connectivity index (χ2n) is 5.15. The van der Waals surface area contributed by atoms with Crippen LogP contribution in [0.15, 0.2) is 21.8 Å². The minimum atomic E-state index is -3.55. The lowest BCUT2D eigenvalue weighted by molar-refractivity contribution is 0.564. The molecule has 2 aromatic heterocycles. The number of aryl methyl sites for hydroxylation is 4. The minimum Gasteiger partial charge on any atom is -0.295 e. The molecule has 0 aliphatic heterocycles. The zero-order valence-corrected chi connectivity index (χ0v) is 14.6. The minimum absolute atomic E-state index is 0.141. The van der Waals surface area contributed by atoms with Crippen molar-refractivity contribution in [2.75, 3.05) is 6.54 Å². The second-order valence-corrected chi connectivity index (χ2v) is 8.34. The van der Waals surface area contributed by atoms with Crippen LogP contribution in [0.1, 0.15) is 21.1 Å². The molecular formula is C14H19N3O3S2. The Hall–Kier alpha value is -1.51. The van der Waals surface area contributed by atoms with E-state index in [1.54, 1.807) is 32.9 Å². The van der Waals surface area contributed by atoms with Gasteiger partial charge in [0.05, 0.1) is 4.90 Å². The lowest BCUT2D eigenvalue weighted by Gasteiger charge is -2.11. The summed E-state index contributed by atoms with van der Waals surface area (Å²) in [5.74, 6) is 0. The molecule has 2 aromatic rings. The molecule has 22 heavy (non-hydrogen) atoms. The lowest BCUT2D eigenvalue weighted by atomic mass is 10.3. The van der Waals surface area contributed by atoms with Gasteiger partial charge < -0.3 is 0 Å². The van der Waals surface area contributed by atoms with Gasteiger partial charge in [0.1, 0.15) is 0 Å². The van der Waals surface area contributed by atoms with Gasteiger partial charge in [-0.15, -0.1) is 11.3 Å². The molecule has 0 saturated carbocycles. The Labute approximate surface area is 133 Å². The molecule has 0 fully saturated rings. The molecule has 0 radical (unpaired) electrons. The van der Waals surface area contributed by atoms with E-state index in [1.807, 2.05) is 6.92 Å². The highest BCUT2D eigenvalue weighted by Crippen LogP contribution is 2.24. The van der Waals surface area contributed by atoms with Gasteiger partial charge >= 0.3 is 5.69 Å². The predicted octanol–water partition coefficient (Wildman–Crippen LogP) is 1.52. The van der Waals surface area contributed by atoms with E-state index in [0.717, 1.165) is 15.4 Å². The SMILES string of the molecule is Cc1cc(C)n(CCNS(=O)(=O)c2cc(C)sc2C)c(=O)n1. The van der Waals surface area contributed by atoms with Crippen molar-refractivity contribution in [1.82, 2.24) is 14.3 Å². The summed E-state index contributed by atoms with van der Waals surface area (Å²) in [6.07, 6.45) is 0. The fourth-order valence-corrected chi connectivity index (χ4v) is 4.86. The van der Waals surface area contributed by atoms with Crippen LogP contribution in [0.4, 0.5) is 0 Å². The molecule has 6 nitrogen and oxygen atoms in total. The van der Waals surface area contributed by atoms with Crippen molar-refractivity contribution in [2.45, 2.75) is 39.1 Å². The predicted molar refractivity (Wildman–Crippen MR) is 87.0 cm³/mol. The van der Waals surface area contributed by atoms with Crippen LogP contribution in [0, 0.1) is 27.7 Å². The molecule has 0 bridgehead atoms. The highest BCUT2D eigenvalue weighted by Gasteiger charge is 2.18. The van der Waals surface area contributed by atoms with E-state index < -0.39 is 10.0 Å². The van der Waals surface area contributed by atoms with Crippen LogP contribution < -0.4 is 10.4 Å². The Morgan fingerprint density at radius 2 is 1.91 bits per heavy atom. The number of nitrogens with one attached hydrogen (secondary N) is 1. The Morgan fingerprint density at radius 1 is 1.23 bits per heavy atom. The van der Waals surface area contributed by atoms with Crippen LogP contribution in [0.3, 0.4) is 0 Å². The molecule has 0 atom stereocenters. The summed E-state index contributed by atoms with van der Waals surface area (Å²) in [5.41, 5.74) is 1.06. The molecule has 2 heterocycles. The average Bonchev–Trinajstić information content (AvgIpc) is 2.72. The number of thiophene rings is 1. The molecule has 1 N–H and O–H groups in total. The third kappa shape index (κ3) is 3.63. The van der Waals surface area contributed by atoms with Crippen molar-refractivity contribution in [1.29, 1.82) is 0 Å². The monoisotopic (exact) mass is 341 g/mol. The van der Waals surface area contributed by atoms with E-state index in [-0.39, 0.29) is 18.8 Å². The highest BCUT2D eigenvalue weighted by atomic mass is 32.2. The first-order valence-electron chi connectivity index (χ1n) is 6.82. The van der Waals surface area contributed by atoms with Gasteiger partial charge in [0.15, 0.2) is 0 Å². The van der Waals surface area contributed by atoms with E-state index in [4.69, 9.17) is 0 Å². The topological polar surface area (TPSA) is 81.1 Å². The molecule has 0 aliphatic rings. The molecule has 0 amide bonds. The maximum atomic E-state index is 12.3. The van der Waals surface area contributed by atoms with Crippen LogP contribution in [0.2, 0.25) is 0 Å². The molecule has 0 aliphatic carbocycles. The quantitative estimate of drug-likeness (QED) is 0.894. The summed E-state index contributed by atoms with van der Waals surface area (Å²) in [6, 6.07) is 3.45. The van der Waals surface area contributed by atoms with Crippen LogP contribution >= 0.6 is 11.3 Å². The molecule has 0 saturated heterocycles. The Bertz CT molecular complexity index is 851. The largest absolute Gasteiger partial charge is 0.348 e. The molecule has 8 heteroatoms. The number of hydrogen-bond donors (Lipinski definition) is 1. The van der Waals surface area contributed by atoms with Gasteiger partial charge in [0, 0.05) is 34.2 Å². The Morgan fingerprint density at radius 3 is 2.45 bits per heavy atom. The fourth-order valence-electron chi connectivity index (χ4n) is 2.29. The molecule has 120 valence electrons. The molecular weight excluding hydrogens is 322 g/mol. The maximum absolute atomic E-state index is 12.3. The smallest absolute Gasteiger partial charge is 0.295 e. The molecule has 2 rings (SSSR count). The average molecular weight is 341 g/mol. The summed E-state index contributed by atoms with van der Waals surface area (Å²) in [4.78, 5) is 17.7. The lowest BCUT2D eigenvalue weighted by Crippen LogP contribution is -2.33. The number of rotatable bonds is 5. The van der Waals surface area contributed by atoms with Gasteiger partial charge in [-0.1, -0.05) is 0 Å². The van der Waals surface area contributed by atoms with Crippen molar-refractivity contribution >= 4 is 21.4 Å². The zero-order chi connectivity index (χ0) is 16.5. The van der Waals surface area contributed by atoms with E-state index >= 15 is 0 Å². The molecule has 0 spiro atoms. The summed E-state index contributed by atoms with van der Waals surface area (Å²) in [6.45, 7) is 7.60. The number of nitrogens with zero attached hydrogens (tertiary/aromatic N) is 2. The summed E-state index contributed by atoms with van der Waals surface area (Å²) in [7, 11) is -3.55. The van der Waals surface area contributed by atoms with Crippen LogP contribution in [0.25, 0.3) is 0 Å². The zero-order valence-electron chi connectivity index (χ0n) is 13.0. The van der Waals surface area contributed by atoms with Crippen molar-refractivity contribution in [3.63, 3.8) is 0 Å². The van der Waals surface area contributed by atoms with Crippen LogP contribution in [0.5, 0.6) is 0 Å². The van der Waals surface area contributed by atoms with Crippen molar-refractivity contribution < 1.29 is 8.42 Å². The summed E-state index contributed by atoms with van der Waals surface area (Å²) >= 11 is 1.45. The summed E-state index contributed by atoms with van der Waals surface area (Å²) < 4.78 is 28.5. The van der Waals surface area contributed by atoms with Crippen molar-refractivity contribution in [3.8, 4) is 0 Å². The number of hydrogen-bond acceptors (Lipinski definition) is 5. The number of sulfonamides is 1. The second kappa shape index (κ2) is 6.31. The first-order valence-corrected chi connectivity index (χ1v) is 9.12. The first kappa shape index (κ1) is 16.9. The van der Waals surface area contributed by atoms with Crippen LogP contribution in [-0.4, -0.2) is 24.5 Å². The third-order valence-corrected chi connectivity index (χ3v) is 5.94. The van der Waals surface area contributed by atoms with E-state index in [2.05, 4.69) is 9.71 Å². The van der Waals surface area contributed by atoms with E-state index in [9.17, 15) is 13.2 Å². The van der Waals surface area contributed by atoms with E-state index in [0.29, 0.717) is 10.6 Å². The van der Waals surface area contributed by atoms with Gasteiger partial charge in [-0.25, -0.2) is 17.9 Å². The van der Waals surface area contributed by atoms with E-state index in [1.165, 1.54) is 15.9 Å². The van der Waals surface area contributed by atoms with Gasteiger partial charge in [0.25, 0.3) is 0 Å². The third-order valence-electron chi connectivity index (χ3n) is 3.26. The maximum Gasteiger partial charge on any atom is 0.348 e. The van der Waals surface area contributed by atoms with Gasteiger partial charge in [0.2, 0.25) is 10.0 Å².